The van der Waals surface area contributed by atoms with E-state index in [0.717, 1.165) is 11.3 Å². The van der Waals surface area contributed by atoms with Crippen molar-refractivity contribution in [2.75, 3.05) is 18.1 Å². The Morgan fingerprint density at radius 1 is 1.44 bits per heavy atom. The Morgan fingerprint density at radius 3 is 2.52 bits per heavy atom. The third kappa shape index (κ3) is 9.20. The number of carboxylic acids is 1. The molecular weight excluding hydrogens is 453 g/mol. The largest absolute Gasteiger partial charge is 2.00 e. The second-order valence-corrected chi connectivity index (χ2v) is 6.59. The summed E-state index contributed by atoms with van der Waals surface area (Å²) in [5, 5.41) is 17.0. The van der Waals surface area contributed by atoms with E-state index < -0.39 is 12.0 Å². The Labute approximate surface area is 184 Å². The molecule has 0 aliphatic heterocycles. The van der Waals surface area contributed by atoms with Gasteiger partial charge in [0, 0.05) is 31.9 Å². The van der Waals surface area contributed by atoms with Gasteiger partial charge < -0.3 is 34.1 Å². The van der Waals surface area contributed by atoms with Crippen molar-refractivity contribution >= 4 is 35.8 Å². The van der Waals surface area contributed by atoms with E-state index in [4.69, 9.17) is 21.7 Å². The van der Waals surface area contributed by atoms with Crippen LogP contribution < -0.4 is 28.4 Å². The number of aryl methyl sites for hydroxylation is 1. The molecule has 0 aromatic carbocycles. The molecule has 0 aliphatic rings. The molecule has 0 aliphatic carbocycles. The molecule has 0 spiro atoms. The van der Waals surface area contributed by atoms with Crippen molar-refractivity contribution in [2.24, 2.45) is 5.73 Å². The van der Waals surface area contributed by atoms with Gasteiger partial charge in [-0.3, -0.25) is 4.79 Å². The fourth-order valence-electron chi connectivity index (χ4n) is 1.84. The summed E-state index contributed by atoms with van der Waals surface area (Å²) in [5.74, 6) is 0.401. The first-order valence-corrected chi connectivity index (χ1v) is 9.05. The number of aliphatic carboxylic acids is 1. The monoisotopic (exact) mass is 476 g/mol. The number of nitrogens with two attached hydrogens (primary N) is 2. The number of hydrogen-bond acceptors (Lipinski definition) is 8. The van der Waals surface area contributed by atoms with Gasteiger partial charge in [0.1, 0.15) is 17.7 Å². The number of thiol groups is 1. The van der Waals surface area contributed by atoms with Crippen molar-refractivity contribution < 1.29 is 49.1 Å². The fraction of sp³-hybridized carbons (Fsp3) is 0.467. The maximum absolute atomic E-state index is 9.76. The molecule has 0 saturated carbocycles. The molecule has 0 fully saturated rings. The summed E-state index contributed by atoms with van der Waals surface area (Å²) >= 11 is 5.30. The normalized spacial score (nSPS) is 10.7. The molecule has 2 aromatic rings. The molecule has 0 saturated heterocycles. The molecule has 2 aromatic heterocycles. The topological polar surface area (TPSA) is 139 Å². The van der Waals surface area contributed by atoms with Gasteiger partial charge in [-0.05, 0) is 6.92 Å². The first kappa shape index (κ1) is 28.3. The number of rotatable bonds is 6. The quantitative estimate of drug-likeness (QED) is 0.169. The van der Waals surface area contributed by atoms with E-state index in [0.29, 0.717) is 24.6 Å². The standard InChI is InChI=1S/C12H17N4OS.C3H7NO2S.ClH.Mn/c1-8-11(3-4-17)18-7-16(8)6-10-5-14-9(2)15-12(10)13;4-2(1-7)3(5)6;;/h5,7,17H,3-4,6H2,1-2H3,(H2,13,14,15);2,7H,1,4H2,(H,5,6);1H;/q+1;;;+2/p-1. The van der Waals surface area contributed by atoms with Crippen molar-refractivity contribution in [1.82, 2.24) is 9.97 Å². The second kappa shape index (κ2) is 14.1. The van der Waals surface area contributed by atoms with Gasteiger partial charge in [-0.25, -0.2) is 9.97 Å². The van der Waals surface area contributed by atoms with Crippen molar-refractivity contribution in [3.8, 4) is 0 Å². The van der Waals surface area contributed by atoms with E-state index in [1.54, 1.807) is 17.5 Å². The van der Waals surface area contributed by atoms with Crippen LogP contribution in [0.3, 0.4) is 0 Å². The molecule has 0 bridgehead atoms. The molecule has 12 heteroatoms. The van der Waals surface area contributed by atoms with Gasteiger partial charge in [0.05, 0.1) is 10.4 Å². The minimum atomic E-state index is -1.00. The van der Waals surface area contributed by atoms with Crippen LogP contribution in [0.15, 0.2) is 11.7 Å². The van der Waals surface area contributed by atoms with E-state index in [-0.39, 0.29) is 41.8 Å². The van der Waals surface area contributed by atoms with Crippen LogP contribution in [-0.4, -0.2) is 44.6 Å². The Balaban J connectivity index is 0. The summed E-state index contributed by atoms with van der Waals surface area (Å²) in [6, 6.07) is -0.816. The number of hydrogen-bond donors (Lipinski definition) is 5. The molecule has 27 heavy (non-hydrogen) atoms. The van der Waals surface area contributed by atoms with Crippen LogP contribution >= 0.6 is 24.0 Å². The summed E-state index contributed by atoms with van der Waals surface area (Å²) in [5.41, 5.74) is 14.9. The maximum atomic E-state index is 9.76. The zero-order chi connectivity index (χ0) is 19.0. The van der Waals surface area contributed by atoms with Crippen LogP contribution in [0, 0.1) is 13.8 Å². The van der Waals surface area contributed by atoms with Crippen LogP contribution in [0.1, 0.15) is 22.0 Å². The number of aliphatic hydroxyl groups excluding tert-OH is 1. The number of thiazole rings is 1. The maximum Gasteiger partial charge on any atom is 2.00 e. The van der Waals surface area contributed by atoms with Crippen molar-refractivity contribution in [3.05, 3.63) is 33.7 Å². The molecule has 2 heterocycles. The molecule has 1 unspecified atom stereocenters. The average molecular weight is 477 g/mol. The van der Waals surface area contributed by atoms with Crippen LogP contribution in [0.5, 0.6) is 0 Å². The summed E-state index contributed by atoms with van der Waals surface area (Å²) < 4.78 is 2.11. The van der Waals surface area contributed by atoms with Gasteiger partial charge in [0.25, 0.3) is 0 Å². The summed E-state index contributed by atoms with van der Waals surface area (Å²) in [7, 11) is 0. The van der Waals surface area contributed by atoms with E-state index in [1.165, 1.54) is 4.88 Å². The van der Waals surface area contributed by atoms with Gasteiger partial charge in [-0.2, -0.15) is 17.2 Å². The molecule has 1 atom stereocenters. The van der Waals surface area contributed by atoms with Crippen LogP contribution in [0.25, 0.3) is 0 Å². The molecule has 0 amide bonds. The smallest absolute Gasteiger partial charge is 1.00 e. The van der Waals surface area contributed by atoms with Gasteiger partial charge >= 0.3 is 23.0 Å². The predicted octanol–water partition coefficient (Wildman–Crippen LogP) is -3.06. The third-order valence-electron chi connectivity index (χ3n) is 3.37. The summed E-state index contributed by atoms with van der Waals surface area (Å²) in [4.78, 5) is 19.3. The number of aliphatic hydroxyl groups is 1. The molecule has 2 rings (SSSR count). The van der Waals surface area contributed by atoms with Gasteiger partial charge in [0.15, 0.2) is 12.2 Å². The van der Waals surface area contributed by atoms with Crippen LogP contribution in [0.4, 0.5) is 5.82 Å². The minimum absolute atomic E-state index is 0. The number of anilines is 1. The first-order chi connectivity index (χ1) is 11.8. The van der Waals surface area contributed by atoms with Crippen LogP contribution in [0.2, 0.25) is 0 Å². The number of aromatic nitrogens is 3. The molecule has 8 nitrogen and oxygen atoms in total. The van der Waals surface area contributed by atoms with E-state index in [2.05, 4.69) is 27.2 Å². The van der Waals surface area contributed by atoms with Gasteiger partial charge in [-0.15, -0.1) is 0 Å². The first-order valence-electron chi connectivity index (χ1n) is 7.54. The molecule has 6 N–H and O–H groups in total. The summed E-state index contributed by atoms with van der Waals surface area (Å²) in [6.45, 7) is 4.71. The van der Waals surface area contributed by atoms with Crippen molar-refractivity contribution in [3.63, 3.8) is 0 Å². The Bertz CT molecular complexity index is 721. The Hall–Kier alpha value is -0.941. The number of nitrogens with zero attached hydrogens (tertiary/aromatic N) is 3. The Kier molecular flexibility index (Phi) is 14.8. The number of halogens is 1. The minimum Gasteiger partial charge on any atom is -1.00 e. The fourth-order valence-corrected chi connectivity index (χ4v) is 2.99. The SMILES string of the molecule is Cc1ncc(C[n+]2csc(CCO)c2C)c(N)n1.NC(CS)C(=O)O.[Cl-].[Mn+2]. The van der Waals surface area contributed by atoms with Crippen molar-refractivity contribution in [1.29, 1.82) is 0 Å². The second-order valence-electron chi connectivity index (χ2n) is 5.29. The Morgan fingerprint density at radius 2 is 2.07 bits per heavy atom. The number of carboxylic acid groups (broad SMARTS) is 1. The zero-order valence-electron chi connectivity index (χ0n) is 15.0. The predicted molar refractivity (Wildman–Crippen MR) is 99.8 cm³/mol. The van der Waals surface area contributed by atoms with E-state index in [9.17, 15) is 4.79 Å². The van der Waals surface area contributed by atoms with Crippen molar-refractivity contribution in [2.45, 2.75) is 32.9 Å². The van der Waals surface area contributed by atoms with E-state index in [1.807, 2.05) is 19.4 Å². The van der Waals surface area contributed by atoms with E-state index >= 15 is 0 Å². The molecular formula is C15H24ClMnN5O3S2+2. The van der Waals surface area contributed by atoms with Gasteiger partial charge in [-0.1, -0.05) is 11.3 Å². The zero-order valence-corrected chi connectivity index (χ0v) is 18.6. The van der Waals surface area contributed by atoms with Crippen LogP contribution in [-0.2, 0) is 34.8 Å². The van der Waals surface area contributed by atoms with Gasteiger partial charge in [0.2, 0.25) is 5.51 Å². The number of carbonyl (C=O) groups is 1. The summed E-state index contributed by atoms with van der Waals surface area (Å²) in [6.07, 6.45) is 2.47. The molecule has 1 radical (unpaired) electrons. The third-order valence-corrected chi connectivity index (χ3v) is 4.91. The average Bonchev–Trinajstić information content (AvgIpc) is 2.91. The number of nitrogen functional groups attached to an aromatic ring is 1. The molecule has 151 valence electrons.